The molecule has 2 N–H and O–H groups in total. The Morgan fingerprint density at radius 3 is 2.03 bits per heavy atom. The van der Waals surface area contributed by atoms with E-state index in [1.54, 1.807) is 30.3 Å². The number of hydrogen-bond donors (Lipinski definition) is 2. The van der Waals surface area contributed by atoms with Crippen LogP contribution >= 0.6 is 23.2 Å². The molecule has 32 heavy (non-hydrogen) atoms. The van der Waals surface area contributed by atoms with Crippen LogP contribution in [0.25, 0.3) is 10.8 Å². The van der Waals surface area contributed by atoms with Gasteiger partial charge in [-0.25, -0.2) is 16.8 Å². The maximum atomic E-state index is 13.0. The number of hydrogen-bond acceptors (Lipinski definition) is 6. The van der Waals surface area contributed by atoms with E-state index in [1.807, 2.05) is 0 Å². The monoisotopic (exact) mass is 508 g/mol. The zero-order valence-corrected chi connectivity index (χ0v) is 19.2. The molecule has 0 fully saturated rings. The number of benzene rings is 3. The van der Waals surface area contributed by atoms with Gasteiger partial charge < -0.3 is 0 Å². The molecular weight excluding hydrogens is 495 g/mol. The molecule has 0 saturated heterocycles. The van der Waals surface area contributed by atoms with Crippen LogP contribution in [0.3, 0.4) is 0 Å². The maximum Gasteiger partial charge on any atom is 0.263 e. The fourth-order valence-corrected chi connectivity index (χ4v) is 5.71. The molecule has 164 valence electrons. The van der Waals surface area contributed by atoms with Gasteiger partial charge in [-0.1, -0.05) is 47.5 Å². The average molecular weight is 509 g/mol. The van der Waals surface area contributed by atoms with Gasteiger partial charge in [0.1, 0.15) is 0 Å². The van der Waals surface area contributed by atoms with Crippen LogP contribution < -0.4 is 9.44 Å². The fourth-order valence-electron chi connectivity index (χ4n) is 2.97. The van der Waals surface area contributed by atoms with Crippen LogP contribution in [0.4, 0.5) is 11.5 Å². The molecule has 1 heterocycles. The van der Waals surface area contributed by atoms with Gasteiger partial charge in [-0.15, -0.1) is 10.2 Å². The summed E-state index contributed by atoms with van der Waals surface area (Å²) in [5.74, 6) is -0.00739. The molecule has 0 aliphatic rings. The minimum atomic E-state index is -3.99. The molecule has 4 rings (SSSR count). The van der Waals surface area contributed by atoms with E-state index in [0.717, 1.165) is 0 Å². The van der Waals surface area contributed by atoms with E-state index in [1.165, 1.54) is 42.5 Å². The SMILES string of the molecule is O=S(=O)(Nc1ccc(Cl)nn1)c1ccc(NS(=O)(=O)c2cccc3cccc(Cl)c23)cc1. The lowest BCUT2D eigenvalue weighted by Gasteiger charge is -2.12. The predicted octanol–water partition coefficient (Wildman–Crippen LogP) is 4.54. The number of rotatable bonds is 6. The first kappa shape index (κ1) is 22.3. The molecule has 0 saturated carbocycles. The Morgan fingerprint density at radius 1 is 0.688 bits per heavy atom. The van der Waals surface area contributed by atoms with Crippen molar-refractivity contribution in [2.75, 3.05) is 9.44 Å². The van der Waals surface area contributed by atoms with Crippen molar-refractivity contribution in [1.82, 2.24) is 10.2 Å². The zero-order valence-electron chi connectivity index (χ0n) is 16.0. The molecule has 0 aliphatic carbocycles. The molecule has 3 aromatic carbocycles. The van der Waals surface area contributed by atoms with Crippen LogP contribution in [-0.4, -0.2) is 27.0 Å². The maximum absolute atomic E-state index is 13.0. The molecule has 12 heteroatoms. The lowest BCUT2D eigenvalue weighted by atomic mass is 10.1. The Bertz CT molecular complexity index is 1500. The van der Waals surface area contributed by atoms with E-state index in [4.69, 9.17) is 23.2 Å². The lowest BCUT2D eigenvalue weighted by Crippen LogP contribution is -2.15. The molecule has 0 atom stereocenters. The van der Waals surface area contributed by atoms with Gasteiger partial charge >= 0.3 is 0 Å². The molecule has 0 unspecified atom stereocenters. The smallest absolute Gasteiger partial charge is 0.263 e. The number of aromatic nitrogens is 2. The summed E-state index contributed by atoms with van der Waals surface area (Å²) in [5.41, 5.74) is 0.180. The Balaban J connectivity index is 1.59. The minimum absolute atomic E-state index is 0.00739. The third-order valence-electron chi connectivity index (χ3n) is 4.39. The van der Waals surface area contributed by atoms with E-state index in [0.29, 0.717) is 15.8 Å². The van der Waals surface area contributed by atoms with E-state index in [2.05, 4.69) is 19.6 Å². The summed E-state index contributed by atoms with van der Waals surface area (Å²) in [7, 11) is -7.96. The molecule has 0 bridgehead atoms. The van der Waals surface area contributed by atoms with Gasteiger partial charge in [0.15, 0.2) is 11.0 Å². The van der Waals surface area contributed by atoms with Crippen LogP contribution in [0.2, 0.25) is 10.2 Å². The highest BCUT2D eigenvalue weighted by molar-refractivity contribution is 7.93. The summed E-state index contributed by atoms with van der Waals surface area (Å²) in [6.45, 7) is 0. The van der Waals surface area contributed by atoms with Gasteiger partial charge in [0, 0.05) is 16.1 Å². The quantitative estimate of drug-likeness (QED) is 0.394. The second kappa shape index (κ2) is 8.55. The highest BCUT2D eigenvalue weighted by Crippen LogP contribution is 2.31. The summed E-state index contributed by atoms with van der Waals surface area (Å²) in [4.78, 5) is -0.0781. The largest absolute Gasteiger partial charge is 0.280 e. The Morgan fingerprint density at radius 2 is 1.38 bits per heavy atom. The van der Waals surface area contributed by atoms with Crippen LogP contribution in [0.15, 0.2) is 82.6 Å². The molecule has 0 spiro atoms. The molecular formula is C20H14Cl2N4O4S2. The normalized spacial score (nSPS) is 11.9. The van der Waals surface area contributed by atoms with Gasteiger partial charge in [0.25, 0.3) is 20.0 Å². The number of halogens is 2. The molecule has 4 aromatic rings. The van der Waals surface area contributed by atoms with Crippen molar-refractivity contribution in [2.24, 2.45) is 0 Å². The Labute approximate surface area is 194 Å². The molecule has 8 nitrogen and oxygen atoms in total. The summed E-state index contributed by atoms with van der Waals surface area (Å²) >= 11 is 11.9. The highest BCUT2D eigenvalue weighted by atomic mass is 35.5. The van der Waals surface area contributed by atoms with Crippen LogP contribution in [0.1, 0.15) is 0 Å². The first-order valence-corrected chi connectivity index (χ1v) is 12.7. The summed E-state index contributed by atoms with van der Waals surface area (Å²) in [6.07, 6.45) is 0. The van der Waals surface area contributed by atoms with Gasteiger partial charge in [0.05, 0.1) is 9.79 Å². The molecule has 0 aliphatic heterocycles. The van der Waals surface area contributed by atoms with Crippen molar-refractivity contribution in [2.45, 2.75) is 9.79 Å². The van der Waals surface area contributed by atoms with Crippen molar-refractivity contribution in [3.63, 3.8) is 0 Å². The lowest BCUT2D eigenvalue weighted by molar-refractivity contribution is 0.600. The van der Waals surface area contributed by atoms with Crippen molar-refractivity contribution in [3.05, 3.63) is 83.0 Å². The topological polar surface area (TPSA) is 118 Å². The number of sulfonamides is 2. The van der Waals surface area contributed by atoms with Crippen molar-refractivity contribution < 1.29 is 16.8 Å². The van der Waals surface area contributed by atoms with Crippen molar-refractivity contribution in [3.8, 4) is 0 Å². The van der Waals surface area contributed by atoms with Crippen LogP contribution in [-0.2, 0) is 20.0 Å². The number of fused-ring (bicyclic) bond motifs is 1. The zero-order chi connectivity index (χ0) is 22.9. The summed E-state index contributed by atoms with van der Waals surface area (Å²) < 4.78 is 55.7. The average Bonchev–Trinajstić information content (AvgIpc) is 2.75. The standard InChI is InChI=1S/C20H14Cl2N4O4S2/c21-16-5-1-3-13-4-2-6-17(20(13)16)32(29,30)25-14-7-9-15(10-8-14)31(27,28)26-19-12-11-18(22)23-24-19/h1-12,25H,(H,24,26). The van der Waals surface area contributed by atoms with Gasteiger partial charge in [0.2, 0.25) is 0 Å². The van der Waals surface area contributed by atoms with E-state index < -0.39 is 20.0 Å². The van der Waals surface area contributed by atoms with Gasteiger partial charge in [-0.2, -0.15) is 0 Å². The Hall–Kier alpha value is -2.92. The van der Waals surface area contributed by atoms with Crippen molar-refractivity contribution in [1.29, 1.82) is 0 Å². The number of anilines is 2. The first-order chi connectivity index (χ1) is 15.2. The van der Waals surface area contributed by atoms with Crippen molar-refractivity contribution >= 4 is 65.5 Å². The first-order valence-electron chi connectivity index (χ1n) is 8.98. The van der Waals surface area contributed by atoms with E-state index >= 15 is 0 Å². The summed E-state index contributed by atoms with van der Waals surface area (Å²) in [5, 5.41) is 8.72. The van der Waals surface area contributed by atoms with E-state index in [-0.39, 0.29) is 26.4 Å². The highest BCUT2D eigenvalue weighted by Gasteiger charge is 2.20. The summed E-state index contributed by atoms with van der Waals surface area (Å²) in [6, 6.07) is 17.9. The van der Waals surface area contributed by atoms with E-state index in [9.17, 15) is 16.8 Å². The molecule has 0 radical (unpaired) electrons. The van der Waals surface area contributed by atoms with Crippen LogP contribution in [0, 0.1) is 0 Å². The Kier molecular flexibility index (Phi) is 5.95. The number of nitrogens with zero attached hydrogens (tertiary/aromatic N) is 2. The fraction of sp³-hybridized carbons (Fsp3) is 0. The number of nitrogens with one attached hydrogen (secondary N) is 2. The molecule has 1 aromatic heterocycles. The minimum Gasteiger partial charge on any atom is -0.280 e. The third-order valence-corrected chi connectivity index (χ3v) is 7.70. The molecule has 0 amide bonds. The predicted molar refractivity (Wildman–Crippen MR) is 124 cm³/mol. The third kappa shape index (κ3) is 4.63. The van der Waals surface area contributed by atoms with Gasteiger partial charge in [-0.05, 0) is 53.9 Å². The van der Waals surface area contributed by atoms with Gasteiger partial charge in [-0.3, -0.25) is 9.44 Å². The van der Waals surface area contributed by atoms with Crippen LogP contribution in [0.5, 0.6) is 0 Å². The second-order valence-corrected chi connectivity index (χ2v) is 10.7. The second-order valence-electron chi connectivity index (χ2n) is 6.57.